The first-order chi connectivity index (χ1) is 8.09. The molecule has 0 saturated heterocycles. The zero-order chi connectivity index (χ0) is 14.1. The summed E-state index contributed by atoms with van der Waals surface area (Å²) >= 11 is 0. The summed E-state index contributed by atoms with van der Waals surface area (Å²) in [6, 6.07) is 2.28. The van der Waals surface area contributed by atoms with Gasteiger partial charge in [-0.15, -0.1) is 6.42 Å². The Morgan fingerprint density at radius 2 is 2.00 bits per heavy atom. The van der Waals surface area contributed by atoms with E-state index in [2.05, 4.69) is 10.6 Å². The molecule has 0 aliphatic rings. The zero-order valence-corrected chi connectivity index (χ0v) is 11.2. The van der Waals surface area contributed by atoms with Gasteiger partial charge in [-0.25, -0.2) is 12.8 Å². The highest BCUT2D eigenvalue weighted by atomic mass is 32.2. The Hall–Kier alpha value is -1.58. The smallest absolute Gasteiger partial charge is 0.241 e. The van der Waals surface area contributed by atoms with Gasteiger partial charge < -0.3 is 5.73 Å². The maximum Gasteiger partial charge on any atom is 0.241 e. The first-order valence-electron chi connectivity index (χ1n) is 5.16. The van der Waals surface area contributed by atoms with Gasteiger partial charge in [0, 0.05) is 0 Å². The number of anilines is 1. The number of aryl methyl sites for hydroxylation is 1. The number of benzene rings is 1. The van der Waals surface area contributed by atoms with Crippen LogP contribution in [0.15, 0.2) is 17.0 Å². The summed E-state index contributed by atoms with van der Waals surface area (Å²) in [4.78, 5) is -0.109. The van der Waals surface area contributed by atoms with E-state index in [0.29, 0.717) is 0 Å². The van der Waals surface area contributed by atoms with Crippen molar-refractivity contribution in [2.24, 2.45) is 0 Å². The van der Waals surface area contributed by atoms with Crippen molar-refractivity contribution < 1.29 is 12.8 Å². The molecule has 0 amide bonds. The number of hydrogen-bond donors (Lipinski definition) is 2. The van der Waals surface area contributed by atoms with Crippen LogP contribution >= 0.6 is 0 Å². The van der Waals surface area contributed by atoms with Crippen molar-refractivity contribution in [2.45, 2.75) is 31.2 Å². The summed E-state index contributed by atoms with van der Waals surface area (Å²) < 4.78 is 39.7. The van der Waals surface area contributed by atoms with Gasteiger partial charge in [-0.3, -0.25) is 0 Å². The van der Waals surface area contributed by atoms with Crippen LogP contribution in [0.1, 0.15) is 19.4 Å². The van der Waals surface area contributed by atoms with Gasteiger partial charge in [0.15, 0.2) is 0 Å². The Morgan fingerprint density at radius 1 is 1.44 bits per heavy atom. The van der Waals surface area contributed by atoms with Crippen LogP contribution in [-0.4, -0.2) is 14.0 Å². The summed E-state index contributed by atoms with van der Waals surface area (Å²) in [5, 5.41) is 0. The van der Waals surface area contributed by atoms with Crippen molar-refractivity contribution in [3.63, 3.8) is 0 Å². The molecule has 1 aromatic carbocycles. The third-order valence-electron chi connectivity index (χ3n) is 2.32. The van der Waals surface area contributed by atoms with Gasteiger partial charge in [0.25, 0.3) is 0 Å². The molecule has 3 N–H and O–H groups in total. The molecule has 0 aliphatic carbocycles. The molecular weight excluding hydrogens is 255 g/mol. The molecule has 1 rings (SSSR count). The lowest BCUT2D eigenvalue weighted by molar-refractivity contribution is 0.538. The second-order valence-corrected chi connectivity index (χ2v) is 6.20. The molecule has 0 saturated carbocycles. The lowest BCUT2D eigenvalue weighted by Gasteiger charge is -2.19. The van der Waals surface area contributed by atoms with E-state index in [4.69, 9.17) is 12.2 Å². The zero-order valence-electron chi connectivity index (χ0n) is 10.4. The molecule has 18 heavy (non-hydrogen) atoms. The molecule has 0 radical (unpaired) electrons. The first-order valence-corrected chi connectivity index (χ1v) is 6.65. The number of halogens is 1. The number of hydrogen-bond acceptors (Lipinski definition) is 3. The number of nitrogen functional groups attached to an aromatic ring is 1. The van der Waals surface area contributed by atoms with Gasteiger partial charge in [0.2, 0.25) is 10.0 Å². The lowest BCUT2D eigenvalue weighted by atomic mass is 10.1. The fraction of sp³-hybridized carbons (Fsp3) is 0.333. The molecule has 0 bridgehead atoms. The normalized spacial score (nSPS) is 12.2. The molecular formula is C12H15FN2O2S. The van der Waals surface area contributed by atoms with Gasteiger partial charge in [0.05, 0.1) is 16.1 Å². The van der Waals surface area contributed by atoms with E-state index in [1.165, 1.54) is 13.0 Å². The van der Waals surface area contributed by atoms with E-state index in [1.54, 1.807) is 13.8 Å². The SMILES string of the molecule is C#CC(C)(C)NS(=O)(=O)c1cc(C)c(F)c(N)c1. The van der Waals surface area contributed by atoms with Crippen molar-refractivity contribution in [3.05, 3.63) is 23.5 Å². The van der Waals surface area contributed by atoms with Gasteiger partial charge in [-0.05, 0) is 38.5 Å². The minimum Gasteiger partial charge on any atom is -0.396 e. The summed E-state index contributed by atoms with van der Waals surface area (Å²) in [7, 11) is -3.83. The van der Waals surface area contributed by atoms with Crippen LogP contribution in [0.25, 0.3) is 0 Å². The highest BCUT2D eigenvalue weighted by Gasteiger charge is 2.25. The van der Waals surface area contributed by atoms with Gasteiger partial charge in [-0.1, -0.05) is 5.92 Å². The van der Waals surface area contributed by atoms with Crippen molar-refractivity contribution in [1.82, 2.24) is 4.72 Å². The van der Waals surface area contributed by atoms with Crippen LogP contribution in [0.3, 0.4) is 0 Å². The fourth-order valence-electron chi connectivity index (χ4n) is 1.34. The number of rotatable bonds is 3. The van der Waals surface area contributed by atoms with E-state index in [9.17, 15) is 12.8 Å². The topological polar surface area (TPSA) is 72.2 Å². The molecule has 0 unspecified atom stereocenters. The van der Waals surface area contributed by atoms with Crippen molar-refractivity contribution in [3.8, 4) is 12.3 Å². The molecule has 1 aromatic rings. The van der Waals surface area contributed by atoms with Crippen LogP contribution in [0, 0.1) is 25.1 Å². The standard InChI is InChI=1S/C12H15FN2O2S/c1-5-12(3,4)15-18(16,17)9-6-8(2)11(13)10(14)7-9/h1,6-7,15H,14H2,2-4H3. The van der Waals surface area contributed by atoms with E-state index < -0.39 is 21.4 Å². The number of sulfonamides is 1. The largest absolute Gasteiger partial charge is 0.396 e. The molecule has 4 nitrogen and oxygen atoms in total. The van der Waals surface area contributed by atoms with Crippen molar-refractivity contribution >= 4 is 15.7 Å². The summed E-state index contributed by atoms with van der Waals surface area (Å²) in [5.74, 6) is 1.69. The summed E-state index contributed by atoms with van der Waals surface area (Å²) in [6.07, 6.45) is 5.21. The van der Waals surface area contributed by atoms with Gasteiger partial charge in [-0.2, -0.15) is 4.72 Å². The molecule has 0 heterocycles. The molecule has 98 valence electrons. The molecule has 6 heteroatoms. The Morgan fingerprint density at radius 3 is 2.44 bits per heavy atom. The number of nitrogens with one attached hydrogen (secondary N) is 1. The number of nitrogens with two attached hydrogens (primary N) is 1. The van der Waals surface area contributed by atoms with Crippen LogP contribution in [0.4, 0.5) is 10.1 Å². The maximum absolute atomic E-state index is 13.3. The van der Waals surface area contributed by atoms with Crippen molar-refractivity contribution in [1.29, 1.82) is 0 Å². The monoisotopic (exact) mass is 270 g/mol. The predicted molar refractivity (Wildman–Crippen MR) is 68.8 cm³/mol. The van der Waals surface area contributed by atoms with Crippen LogP contribution < -0.4 is 10.5 Å². The minimum atomic E-state index is -3.83. The van der Waals surface area contributed by atoms with E-state index in [-0.39, 0.29) is 16.1 Å². The maximum atomic E-state index is 13.3. The second kappa shape index (κ2) is 4.59. The third-order valence-corrected chi connectivity index (χ3v) is 3.95. The van der Waals surface area contributed by atoms with Crippen molar-refractivity contribution in [2.75, 3.05) is 5.73 Å². The van der Waals surface area contributed by atoms with E-state index in [0.717, 1.165) is 6.07 Å². The highest BCUT2D eigenvalue weighted by Crippen LogP contribution is 2.21. The third kappa shape index (κ3) is 3.00. The first kappa shape index (κ1) is 14.5. The van der Waals surface area contributed by atoms with E-state index >= 15 is 0 Å². The second-order valence-electron chi connectivity index (χ2n) is 4.52. The molecule has 0 aliphatic heterocycles. The predicted octanol–water partition coefficient (Wildman–Crippen LogP) is 1.41. The van der Waals surface area contributed by atoms with Crippen LogP contribution in [0.5, 0.6) is 0 Å². The molecule has 0 fully saturated rings. The summed E-state index contributed by atoms with van der Waals surface area (Å²) in [6.45, 7) is 4.53. The quantitative estimate of drug-likeness (QED) is 0.644. The number of terminal acetylenes is 1. The summed E-state index contributed by atoms with van der Waals surface area (Å²) in [5.41, 5.74) is 4.32. The Kier molecular flexibility index (Phi) is 3.70. The lowest BCUT2D eigenvalue weighted by Crippen LogP contribution is -2.42. The fourth-order valence-corrected chi connectivity index (χ4v) is 2.80. The van der Waals surface area contributed by atoms with Crippen LogP contribution in [0.2, 0.25) is 0 Å². The average molecular weight is 270 g/mol. The highest BCUT2D eigenvalue weighted by molar-refractivity contribution is 7.89. The average Bonchev–Trinajstić information content (AvgIpc) is 2.23. The van der Waals surface area contributed by atoms with E-state index in [1.807, 2.05) is 0 Å². The van der Waals surface area contributed by atoms with Gasteiger partial charge in [0.1, 0.15) is 5.82 Å². The Balaban J connectivity index is 3.27. The Bertz CT molecular complexity index is 592. The van der Waals surface area contributed by atoms with Crippen LogP contribution in [-0.2, 0) is 10.0 Å². The Labute approximate surface area is 106 Å². The van der Waals surface area contributed by atoms with Gasteiger partial charge >= 0.3 is 0 Å². The minimum absolute atomic E-state index is 0.109. The molecule has 0 spiro atoms. The molecule has 0 atom stereocenters. The molecule has 0 aromatic heterocycles.